The van der Waals surface area contributed by atoms with E-state index in [0.29, 0.717) is 5.02 Å². The van der Waals surface area contributed by atoms with Crippen molar-refractivity contribution in [1.82, 2.24) is 5.32 Å². The molecule has 0 radical (unpaired) electrons. The third-order valence-electron chi connectivity index (χ3n) is 3.00. The molecule has 7 nitrogen and oxygen atoms in total. The summed E-state index contributed by atoms with van der Waals surface area (Å²) < 4.78 is 5.30. The van der Waals surface area contributed by atoms with Crippen LogP contribution in [-0.2, 0) is 4.79 Å². The Morgan fingerprint density at radius 2 is 2.25 bits per heavy atom. The highest BCUT2D eigenvalue weighted by molar-refractivity contribution is 6.30. The predicted octanol–water partition coefficient (Wildman–Crippen LogP) is 2.08. The number of nitro benzene ring substituents is 1. The highest BCUT2D eigenvalue weighted by atomic mass is 35.5. The van der Waals surface area contributed by atoms with Crippen LogP contribution in [0.4, 0.5) is 5.69 Å². The van der Waals surface area contributed by atoms with Gasteiger partial charge < -0.3 is 15.2 Å². The second-order valence-electron chi connectivity index (χ2n) is 4.35. The molecule has 2 N–H and O–H groups in total. The molecule has 110 valence electrons. The zero-order valence-electron chi connectivity index (χ0n) is 11.1. The van der Waals surface area contributed by atoms with E-state index in [0.717, 1.165) is 0 Å². The molecular weight excluding hydrogens is 288 g/mol. The lowest BCUT2D eigenvalue weighted by molar-refractivity contribution is -0.385. The van der Waals surface area contributed by atoms with Crippen molar-refractivity contribution in [2.24, 2.45) is 0 Å². The first-order valence-corrected chi connectivity index (χ1v) is 6.17. The number of likely N-dealkylation sites (N-methyl/N-ethyl adjacent to an activating group) is 1. The molecule has 0 amide bonds. The van der Waals surface area contributed by atoms with Gasteiger partial charge in [0.1, 0.15) is 5.54 Å². The standard InChI is InChI=1S/C12H15ClN2O5/c1-12(14-2,11(16)17)5-6-20-10-7-8(13)3-4-9(10)15(18)19/h3-4,7,14H,5-6H2,1-2H3,(H,16,17). The van der Waals surface area contributed by atoms with Gasteiger partial charge in [-0.3, -0.25) is 14.9 Å². The summed E-state index contributed by atoms with van der Waals surface area (Å²) in [6.07, 6.45) is 0.141. The number of carboxylic acid groups (broad SMARTS) is 1. The average Bonchev–Trinajstić information content (AvgIpc) is 2.38. The monoisotopic (exact) mass is 302 g/mol. The normalized spacial score (nSPS) is 13.6. The van der Waals surface area contributed by atoms with Gasteiger partial charge in [0.05, 0.1) is 11.5 Å². The largest absolute Gasteiger partial charge is 0.487 e. The van der Waals surface area contributed by atoms with E-state index in [9.17, 15) is 14.9 Å². The van der Waals surface area contributed by atoms with E-state index >= 15 is 0 Å². The minimum Gasteiger partial charge on any atom is -0.487 e. The van der Waals surface area contributed by atoms with Gasteiger partial charge in [0, 0.05) is 23.6 Å². The number of nitrogens with zero attached hydrogens (tertiary/aromatic N) is 1. The van der Waals surface area contributed by atoms with Gasteiger partial charge >= 0.3 is 11.7 Å². The molecule has 8 heteroatoms. The zero-order valence-corrected chi connectivity index (χ0v) is 11.8. The summed E-state index contributed by atoms with van der Waals surface area (Å²) in [5, 5.41) is 22.9. The van der Waals surface area contributed by atoms with Crippen LogP contribution in [0.5, 0.6) is 5.75 Å². The Kier molecular flexibility index (Phi) is 5.29. The van der Waals surface area contributed by atoms with Gasteiger partial charge in [0.2, 0.25) is 0 Å². The molecule has 0 spiro atoms. The molecule has 0 aliphatic heterocycles. The number of ether oxygens (including phenoxy) is 1. The van der Waals surface area contributed by atoms with Crippen molar-refractivity contribution in [3.8, 4) is 5.75 Å². The minimum atomic E-state index is -1.16. The van der Waals surface area contributed by atoms with E-state index < -0.39 is 16.4 Å². The molecule has 1 unspecified atom stereocenters. The lowest BCUT2D eigenvalue weighted by atomic mass is 9.99. The van der Waals surface area contributed by atoms with Crippen molar-refractivity contribution in [3.63, 3.8) is 0 Å². The number of carboxylic acids is 1. The van der Waals surface area contributed by atoms with Crippen molar-refractivity contribution >= 4 is 23.3 Å². The van der Waals surface area contributed by atoms with Crippen LogP contribution in [0.25, 0.3) is 0 Å². The van der Waals surface area contributed by atoms with Gasteiger partial charge in [-0.05, 0) is 20.0 Å². The Bertz CT molecular complexity index is 523. The first-order valence-electron chi connectivity index (χ1n) is 5.79. The van der Waals surface area contributed by atoms with Crippen molar-refractivity contribution in [2.45, 2.75) is 18.9 Å². The molecule has 20 heavy (non-hydrogen) atoms. The maximum absolute atomic E-state index is 11.1. The van der Waals surface area contributed by atoms with Gasteiger partial charge in [0.15, 0.2) is 5.75 Å². The van der Waals surface area contributed by atoms with Gasteiger partial charge in [-0.2, -0.15) is 0 Å². The van der Waals surface area contributed by atoms with Crippen molar-refractivity contribution < 1.29 is 19.6 Å². The molecule has 0 aliphatic carbocycles. The Morgan fingerprint density at radius 1 is 1.60 bits per heavy atom. The Labute approximate surface area is 120 Å². The number of carbonyl (C=O) groups is 1. The Hall–Kier alpha value is -1.86. The van der Waals surface area contributed by atoms with Gasteiger partial charge in [-0.25, -0.2) is 0 Å². The second-order valence-corrected chi connectivity index (χ2v) is 4.79. The van der Waals surface area contributed by atoms with Crippen molar-refractivity contribution in [1.29, 1.82) is 0 Å². The minimum absolute atomic E-state index is 0.00478. The second kappa shape index (κ2) is 6.53. The highest BCUT2D eigenvalue weighted by Crippen LogP contribution is 2.30. The summed E-state index contributed by atoms with van der Waals surface area (Å²) in [6.45, 7) is 1.51. The molecule has 1 aromatic carbocycles. The van der Waals surface area contributed by atoms with Crippen LogP contribution >= 0.6 is 11.6 Å². The van der Waals surface area contributed by atoms with Crippen molar-refractivity contribution in [3.05, 3.63) is 33.3 Å². The van der Waals surface area contributed by atoms with Gasteiger partial charge in [-0.15, -0.1) is 0 Å². The van der Waals surface area contributed by atoms with Crippen LogP contribution in [0.1, 0.15) is 13.3 Å². The average molecular weight is 303 g/mol. The number of aliphatic carboxylic acids is 1. The summed E-state index contributed by atoms with van der Waals surface area (Å²) in [6, 6.07) is 3.96. The molecule has 0 aliphatic rings. The van der Waals surface area contributed by atoms with Crippen molar-refractivity contribution in [2.75, 3.05) is 13.7 Å². The van der Waals surface area contributed by atoms with Crippen LogP contribution in [-0.4, -0.2) is 35.2 Å². The lowest BCUT2D eigenvalue weighted by Crippen LogP contribution is -2.48. The molecule has 1 aromatic rings. The fraction of sp³-hybridized carbons (Fsp3) is 0.417. The molecule has 0 bridgehead atoms. The molecule has 0 saturated heterocycles. The number of nitrogens with one attached hydrogen (secondary N) is 1. The number of nitro groups is 1. The predicted molar refractivity (Wildman–Crippen MR) is 73.3 cm³/mol. The quantitative estimate of drug-likeness (QED) is 0.590. The summed E-state index contributed by atoms with van der Waals surface area (Å²) >= 11 is 5.76. The van der Waals surface area contributed by atoms with E-state index in [1.165, 1.54) is 32.2 Å². The van der Waals surface area contributed by atoms with Crippen LogP contribution in [0.3, 0.4) is 0 Å². The summed E-state index contributed by atoms with van der Waals surface area (Å²) in [5.41, 5.74) is -1.37. The Balaban J connectivity index is 2.78. The topological polar surface area (TPSA) is 102 Å². The van der Waals surface area contributed by atoms with E-state index in [4.69, 9.17) is 21.4 Å². The highest BCUT2D eigenvalue weighted by Gasteiger charge is 2.31. The summed E-state index contributed by atoms with van der Waals surface area (Å²) in [7, 11) is 1.52. The smallest absolute Gasteiger partial charge is 0.323 e. The first-order chi connectivity index (χ1) is 9.30. The van der Waals surface area contributed by atoms with Crippen LogP contribution in [0.15, 0.2) is 18.2 Å². The zero-order chi connectivity index (χ0) is 15.3. The van der Waals surface area contributed by atoms with Crippen LogP contribution in [0, 0.1) is 10.1 Å². The molecule has 0 saturated carbocycles. The molecule has 1 atom stereocenters. The third-order valence-corrected chi connectivity index (χ3v) is 3.24. The maximum atomic E-state index is 11.1. The molecule has 0 fully saturated rings. The van der Waals surface area contributed by atoms with E-state index in [2.05, 4.69) is 5.32 Å². The van der Waals surface area contributed by atoms with Gasteiger partial charge in [0.25, 0.3) is 0 Å². The fourth-order valence-corrected chi connectivity index (χ4v) is 1.62. The number of hydrogen-bond donors (Lipinski definition) is 2. The SMILES string of the molecule is CNC(C)(CCOc1cc(Cl)ccc1[N+](=O)[O-])C(=O)O. The summed E-state index contributed by atoms with van der Waals surface area (Å²) in [5.74, 6) is -1.00. The molecule has 1 rings (SSSR count). The van der Waals surface area contributed by atoms with Gasteiger partial charge in [-0.1, -0.05) is 11.6 Å². The van der Waals surface area contributed by atoms with Crippen LogP contribution in [0.2, 0.25) is 5.02 Å². The Morgan fingerprint density at radius 3 is 2.75 bits per heavy atom. The number of halogens is 1. The summed E-state index contributed by atoms with van der Waals surface area (Å²) in [4.78, 5) is 21.3. The lowest BCUT2D eigenvalue weighted by Gasteiger charge is -2.23. The molecular formula is C12H15ClN2O5. The maximum Gasteiger partial charge on any atom is 0.323 e. The third kappa shape index (κ3) is 3.82. The van der Waals surface area contributed by atoms with Crippen LogP contribution < -0.4 is 10.1 Å². The fourth-order valence-electron chi connectivity index (χ4n) is 1.46. The number of rotatable bonds is 7. The van der Waals surface area contributed by atoms with E-state index in [1.807, 2.05) is 0 Å². The number of hydrogen-bond acceptors (Lipinski definition) is 5. The number of benzene rings is 1. The molecule has 0 aromatic heterocycles. The van der Waals surface area contributed by atoms with E-state index in [1.54, 1.807) is 0 Å². The molecule has 0 heterocycles. The first kappa shape index (κ1) is 16.2. The van der Waals surface area contributed by atoms with E-state index in [-0.39, 0.29) is 24.5 Å².